The maximum atomic E-state index is 5.75. The van der Waals surface area contributed by atoms with E-state index in [1.54, 1.807) is 0 Å². The molecular formula is C18H32N2. The summed E-state index contributed by atoms with van der Waals surface area (Å²) in [6.07, 6.45) is 3.37. The number of rotatable bonds is 6. The average Bonchev–Trinajstić information content (AvgIpc) is 2.30. The highest BCUT2D eigenvalue weighted by Crippen LogP contribution is 2.27. The van der Waals surface area contributed by atoms with Crippen LogP contribution in [-0.2, 0) is 6.42 Å². The van der Waals surface area contributed by atoms with Crippen molar-refractivity contribution in [1.29, 1.82) is 0 Å². The topological polar surface area (TPSA) is 38.0 Å². The molecule has 2 unspecified atom stereocenters. The third-order valence-electron chi connectivity index (χ3n) is 3.94. The second kappa shape index (κ2) is 7.24. The fourth-order valence-electron chi connectivity index (χ4n) is 3.04. The van der Waals surface area contributed by atoms with E-state index in [0.717, 1.165) is 12.8 Å². The lowest BCUT2D eigenvalue weighted by Gasteiger charge is -2.26. The van der Waals surface area contributed by atoms with Crippen molar-refractivity contribution in [2.45, 2.75) is 66.8 Å². The van der Waals surface area contributed by atoms with Gasteiger partial charge in [-0.3, -0.25) is 11.3 Å². The minimum atomic E-state index is 0.356. The Morgan fingerprint density at radius 2 is 1.80 bits per heavy atom. The van der Waals surface area contributed by atoms with E-state index in [4.69, 9.17) is 5.84 Å². The predicted octanol–water partition coefficient (Wildman–Crippen LogP) is 4.14. The van der Waals surface area contributed by atoms with Crippen LogP contribution in [0.4, 0.5) is 0 Å². The van der Waals surface area contributed by atoms with Crippen LogP contribution in [-0.4, -0.2) is 6.04 Å². The minimum absolute atomic E-state index is 0.356. The lowest BCUT2D eigenvalue weighted by molar-refractivity contribution is 0.274. The first-order valence-corrected chi connectivity index (χ1v) is 7.73. The smallest absolute Gasteiger partial charge is 0.0253 e. The van der Waals surface area contributed by atoms with Crippen LogP contribution in [0.25, 0.3) is 0 Å². The minimum Gasteiger partial charge on any atom is -0.271 e. The van der Waals surface area contributed by atoms with Crippen LogP contribution < -0.4 is 11.3 Å². The Morgan fingerprint density at radius 3 is 2.30 bits per heavy atom. The lowest BCUT2D eigenvalue weighted by Crippen LogP contribution is -2.38. The van der Waals surface area contributed by atoms with Crippen molar-refractivity contribution in [3.05, 3.63) is 34.9 Å². The molecular weight excluding hydrogens is 244 g/mol. The Bertz CT molecular complexity index is 418. The third-order valence-corrected chi connectivity index (χ3v) is 3.94. The van der Waals surface area contributed by atoms with Gasteiger partial charge in [0.25, 0.3) is 0 Å². The molecule has 1 rings (SSSR count). The number of hydrazine groups is 1. The summed E-state index contributed by atoms with van der Waals surface area (Å²) < 4.78 is 0. The molecule has 0 saturated heterocycles. The second-order valence-electron chi connectivity index (χ2n) is 7.59. The van der Waals surface area contributed by atoms with Crippen LogP contribution in [0.2, 0.25) is 0 Å². The van der Waals surface area contributed by atoms with Crippen LogP contribution in [0.1, 0.15) is 57.2 Å². The maximum Gasteiger partial charge on any atom is 0.0253 e. The molecule has 2 heteroatoms. The van der Waals surface area contributed by atoms with Crippen molar-refractivity contribution in [1.82, 2.24) is 5.43 Å². The molecule has 0 bridgehead atoms. The molecule has 0 fully saturated rings. The summed E-state index contributed by atoms with van der Waals surface area (Å²) in [5.74, 6) is 6.43. The van der Waals surface area contributed by atoms with Gasteiger partial charge in [0.05, 0.1) is 0 Å². The number of nitrogens with two attached hydrogens (primary N) is 1. The normalized spacial score (nSPS) is 15.2. The lowest BCUT2D eigenvalue weighted by atomic mass is 9.82. The van der Waals surface area contributed by atoms with E-state index in [-0.39, 0.29) is 0 Å². The van der Waals surface area contributed by atoms with Gasteiger partial charge in [-0.1, -0.05) is 45.9 Å². The summed E-state index contributed by atoms with van der Waals surface area (Å²) >= 11 is 0. The molecule has 0 radical (unpaired) electrons. The van der Waals surface area contributed by atoms with Crippen molar-refractivity contribution in [3.63, 3.8) is 0 Å². The zero-order chi connectivity index (χ0) is 15.3. The highest BCUT2D eigenvalue weighted by Gasteiger charge is 2.19. The number of nitrogens with one attached hydrogen (secondary N) is 1. The van der Waals surface area contributed by atoms with Gasteiger partial charge in [-0.15, -0.1) is 0 Å². The fourth-order valence-corrected chi connectivity index (χ4v) is 3.04. The van der Waals surface area contributed by atoms with Gasteiger partial charge in [-0.05, 0) is 61.1 Å². The van der Waals surface area contributed by atoms with Crippen LogP contribution >= 0.6 is 0 Å². The molecule has 3 N–H and O–H groups in total. The van der Waals surface area contributed by atoms with Gasteiger partial charge in [0, 0.05) is 6.04 Å². The SMILES string of the molecule is Cc1ccc(CC(CC(C)CC(C)(C)C)NN)cc1C. The molecule has 0 saturated carbocycles. The number of benzene rings is 1. The summed E-state index contributed by atoms with van der Waals surface area (Å²) in [5, 5.41) is 0. The average molecular weight is 276 g/mol. The molecule has 0 spiro atoms. The molecule has 1 aromatic rings. The van der Waals surface area contributed by atoms with E-state index in [2.05, 4.69) is 65.2 Å². The fraction of sp³-hybridized carbons (Fsp3) is 0.667. The van der Waals surface area contributed by atoms with Gasteiger partial charge in [-0.2, -0.15) is 0 Å². The Labute approximate surface area is 125 Å². The zero-order valence-corrected chi connectivity index (χ0v) is 14.1. The molecule has 2 atom stereocenters. The highest BCUT2D eigenvalue weighted by molar-refractivity contribution is 5.30. The molecule has 0 aliphatic rings. The van der Waals surface area contributed by atoms with Gasteiger partial charge < -0.3 is 0 Å². The Hall–Kier alpha value is -0.860. The standard InChI is InChI=1S/C18H32N2/c1-13(12-18(4,5)6)9-17(20-19)11-16-8-7-14(2)15(3)10-16/h7-8,10,13,17,20H,9,11-12,19H2,1-6H3. The van der Waals surface area contributed by atoms with Crippen molar-refractivity contribution < 1.29 is 0 Å². The first-order chi connectivity index (χ1) is 9.21. The summed E-state index contributed by atoms with van der Waals surface area (Å²) in [4.78, 5) is 0. The predicted molar refractivity (Wildman–Crippen MR) is 88.6 cm³/mol. The van der Waals surface area contributed by atoms with Crippen LogP contribution in [0.5, 0.6) is 0 Å². The van der Waals surface area contributed by atoms with Gasteiger partial charge in [0.2, 0.25) is 0 Å². The molecule has 0 aliphatic carbocycles. The molecule has 2 nitrogen and oxygen atoms in total. The summed E-state index contributed by atoms with van der Waals surface area (Å²) in [7, 11) is 0. The Morgan fingerprint density at radius 1 is 1.15 bits per heavy atom. The third kappa shape index (κ3) is 6.06. The number of hydrogen-bond acceptors (Lipinski definition) is 2. The largest absolute Gasteiger partial charge is 0.271 e. The van der Waals surface area contributed by atoms with Gasteiger partial charge in [-0.25, -0.2) is 0 Å². The molecule has 0 heterocycles. The summed E-state index contributed by atoms with van der Waals surface area (Å²) in [6.45, 7) is 13.6. The summed E-state index contributed by atoms with van der Waals surface area (Å²) in [6, 6.07) is 7.07. The van der Waals surface area contributed by atoms with Crippen LogP contribution in [0, 0.1) is 25.2 Å². The van der Waals surface area contributed by atoms with E-state index in [9.17, 15) is 0 Å². The van der Waals surface area contributed by atoms with E-state index in [0.29, 0.717) is 17.4 Å². The number of hydrogen-bond donors (Lipinski definition) is 2. The van der Waals surface area contributed by atoms with Crippen molar-refractivity contribution >= 4 is 0 Å². The second-order valence-corrected chi connectivity index (χ2v) is 7.59. The molecule has 0 amide bonds. The molecule has 0 aromatic heterocycles. The van der Waals surface area contributed by atoms with Gasteiger partial charge in [0.1, 0.15) is 0 Å². The highest BCUT2D eigenvalue weighted by atomic mass is 15.2. The molecule has 0 aliphatic heterocycles. The summed E-state index contributed by atoms with van der Waals surface area (Å²) in [5.41, 5.74) is 7.48. The van der Waals surface area contributed by atoms with E-state index < -0.39 is 0 Å². The molecule has 20 heavy (non-hydrogen) atoms. The monoisotopic (exact) mass is 276 g/mol. The van der Waals surface area contributed by atoms with Crippen LogP contribution in [0.3, 0.4) is 0 Å². The Kier molecular flexibility index (Phi) is 6.22. The van der Waals surface area contributed by atoms with Crippen LogP contribution in [0.15, 0.2) is 18.2 Å². The number of aryl methyl sites for hydroxylation is 2. The van der Waals surface area contributed by atoms with E-state index in [1.165, 1.54) is 23.1 Å². The van der Waals surface area contributed by atoms with E-state index in [1.807, 2.05) is 0 Å². The quantitative estimate of drug-likeness (QED) is 0.605. The van der Waals surface area contributed by atoms with Gasteiger partial charge in [0.15, 0.2) is 0 Å². The van der Waals surface area contributed by atoms with Crippen molar-refractivity contribution in [3.8, 4) is 0 Å². The Balaban J connectivity index is 2.60. The van der Waals surface area contributed by atoms with Crippen molar-refractivity contribution in [2.24, 2.45) is 17.2 Å². The first-order valence-electron chi connectivity index (χ1n) is 7.73. The first kappa shape index (κ1) is 17.2. The van der Waals surface area contributed by atoms with Crippen molar-refractivity contribution in [2.75, 3.05) is 0 Å². The van der Waals surface area contributed by atoms with Gasteiger partial charge >= 0.3 is 0 Å². The van der Waals surface area contributed by atoms with E-state index >= 15 is 0 Å². The molecule has 1 aromatic carbocycles. The zero-order valence-electron chi connectivity index (χ0n) is 14.1. The molecule has 114 valence electrons. The maximum absolute atomic E-state index is 5.75.